The van der Waals surface area contributed by atoms with Crippen LogP contribution in [0.3, 0.4) is 0 Å². The van der Waals surface area contributed by atoms with E-state index in [1.165, 1.54) is 0 Å². The van der Waals surface area contributed by atoms with Gasteiger partial charge in [0.2, 0.25) is 0 Å². The van der Waals surface area contributed by atoms with Crippen molar-refractivity contribution in [3.8, 4) is 0 Å². The number of carboxylic acids is 1. The highest BCUT2D eigenvalue weighted by Crippen LogP contribution is 2.32. The largest absolute Gasteiger partial charge is 0.480 e. The van der Waals surface area contributed by atoms with Gasteiger partial charge >= 0.3 is 5.97 Å². The molecule has 2 rings (SSSR count). The van der Waals surface area contributed by atoms with Crippen LogP contribution in [0.4, 0.5) is 0 Å². The van der Waals surface area contributed by atoms with Crippen molar-refractivity contribution in [2.45, 2.75) is 24.8 Å². The van der Waals surface area contributed by atoms with E-state index in [2.05, 4.69) is 4.98 Å². The van der Waals surface area contributed by atoms with Crippen LogP contribution in [0, 0.1) is 0 Å². The van der Waals surface area contributed by atoms with Crippen LogP contribution in [-0.4, -0.2) is 16.1 Å². The molecule has 0 spiro atoms. The highest BCUT2D eigenvalue weighted by atomic mass is 16.4. The van der Waals surface area contributed by atoms with Crippen LogP contribution in [0.15, 0.2) is 18.5 Å². The summed E-state index contributed by atoms with van der Waals surface area (Å²) in [5, 5.41) is 9.09. The van der Waals surface area contributed by atoms with Crippen LogP contribution in [-0.2, 0) is 16.8 Å². The van der Waals surface area contributed by atoms with Gasteiger partial charge in [-0.05, 0) is 30.9 Å². The van der Waals surface area contributed by atoms with Gasteiger partial charge in [-0.1, -0.05) is 0 Å². The summed E-state index contributed by atoms with van der Waals surface area (Å²) in [6, 6.07) is 1.85. The summed E-state index contributed by atoms with van der Waals surface area (Å²) < 4.78 is 0. The summed E-state index contributed by atoms with van der Waals surface area (Å²) in [6.45, 7) is 0. The van der Waals surface area contributed by atoms with Gasteiger partial charge in [0, 0.05) is 18.0 Å². The van der Waals surface area contributed by atoms with Gasteiger partial charge in [-0.15, -0.1) is 0 Å². The fraction of sp³-hybridized carbons (Fsp3) is 0.400. The van der Waals surface area contributed by atoms with Crippen LogP contribution in [0.5, 0.6) is 0 Å². The molecule has 0 fully saturated rings. The quantitative estimate of drug-likeness (QED) is 0.685. The molecule has 0 amide bonds. The number of aliphatic carboxylic acids is 1. The summed E-state index contributed by atoms with van der Waals surface area (Å²) in [5.41, 5.74) is 6.32. The Bertz CT molecular complexity index is 378. The Kier molecular flexibility index (Phi) is 2.00. The van der Waals surface area contributed by atoms with Crippen LogP contribution in [0.25, 0.3) is 0 Å². The van der Waals surface area contributed by atoms with Gasteiger partial charge in [-0.2, -0.15) is 0 Å². The standard InChI is InChI=1S/C10H12N2O2/c11-10(9(13)14)4-1-2-7-3-5-12-6-8(7)10/h3,5-6H,1-2,4,11H2,(H,13,14). The molecule has 0 saturated heterocycles. The van der Waals surface area contributed by atoms with Crippen molar-refractivity contribution >= 4 is 5.97 Å². The lowest BCUT2D eigenvalue weighted by Gasteiger charge is -2.31. The average Bonchev–Trinajstić information content (AvgIpc) is 2.18. The number of aromatic nitrogens is 1. The van der Waals surface area contributed by atoms with Gasteiger partial charge < -0.3 is 10.8 Å². The first-order valence-corrected chi connectivity index (χ1v) is 4.60. The van der Waals surface area contributed by atoms with Gasteiger partial charge in [0.1, 0.15) is 5.54 Å². The van der Waals surface area contributed by atoms with Crippen LogP contribution in [0.2, 0.25) is 0 Å². The molecule has 0 bridgehead atoms. The summed E-state index contributed by atoms with van der Waals surface area (Å²) >= 11 is 0. The normalized spacial score (nSPS) is 25.5. The Morgan fingerprint density at radius 1 is 1.64 bits per heavy atom. The Morgan fingerprint density at radius 2 is 2.43 bits per heavy atom. The van der Waals surface area contributed by atoms with Gasteiger partial charge in [0.25, 0.3) is 0 Å². The Balaban J connectivity index is 2.55. The minimum atomic E-state index is -1.23. The van der Waals surface area contributed by atoms with Crippen molar-refractivity contribution in [2.24, 2.45) is 5.73 Å². The maximum absolute atomic E-state index is 11.1. The average molecular weight is 192 g/mol. The number of carboxylic acid groups (broad SMARTS) is 1. The second-order valence-electron chi connectivity index (χ2n) is 3.66. The molecule has 1 aliphatic rings. The molecule has 1 aromatic rings. The van der Waals surface area contributed by atoms with E-state index in [1.807, 2.05) is 6.07 Å². The van der Waals surface area contributed by atoms with Crippen LogP contribution >= 0.6 is 0 Å². The molecule has 0 radical (unpaired) electrons. The van der Waals surface area contributed by atoms with E-state index in [4.69, 9.17) is 10.8 Å². The van der Waals surface area contributed by atoms with Gasteiger partial charge in [-0.25, -0.2) is 4.79 Å². The number of nitrogens with zero attached hydrogens (tertiary/aromatic N) is 1. The topological polar surface area (TPSA) is 76.2 Å². The fourth-order valence-corrected chi connectivity index (χ4v) is 1.96. The van der Waals surface area contributed by atoms with Gasteiger partial charge in [0.15, 0.2) is 0 Å². The second kappa shape index (κ2) is 3.06. The highest BCUT2D eigenvalue weighted by molar-refractivity contribution is 5.81. The first kappa shape index (κ1) is 9.15. The third-order valence-corrected chi connectivity index (χ3v) is 2.79. The number of hydrogen-bond acceptors (Lipinski definition) is 3. The molecule has 4 heteroatoms. The van der Waals surface area contributed by atoms with E-state index in [0.29, 0.717) is 12.0 Å². The molecule has 0 saturated carbocycles. The van der Waals surface area contributed by atoms with E-state index in [9.17, 15) is 4.79 Å². The molecule has 74 valence electrons. The maximum atomic E-state index is 11.1. The van der Waals surface area contributed by atoms with Gasteiger partial charge in [-0.3, -0.25) is 4.98 Å². The summed E-state index contributed by atoms with van der Waals surface area (Å²) in [4.78, 5) is 15.0. The Morgan fingerprint density at radius 3 is 3.14 bits per heavy atom. The summed E-state index contributed by atoms with van der Waals surface area (Å²) in [7, 11) is 0. The number of hydrogen-bond donors (Lipinski definition) is 2. The number of aryl methyl sites for hydroxylation is 1. The molecule has 14 heavy (non-hydrogen) atoms. The molecule has 1 aromatic heterocycles. The Hall–Kier alpha value is -1.42. The zero-order chi connectivity index (χ0) is 10.2. The van der Waals surface area contributed by atoms with Crippen molar-refractivity contribution in [3.05, 3.63) is 29.6 Å². The second-order valence-corrected chi connectivity index (χ2v) is 3.66. The van der Waals surface area contributed by atoms with Gasteiger partial charge in [0.05, 0.1) is 0 Å². The molecule has 3 N–H and O–H groups in total. The van der Waals surface area contributed by atoms with Crippen molar-refractivity contribution in [3.63, 3.8) is 0 Å². The van der Waals surface area contributed by atoms with Crippen molar-refractivity contribution < 1.29 is 9.90 Å². The Labute approximate surface area is 81.8 Å². The SMILES string of the molecule is NC1(C(=O)O)CCCc2ccncc21. The monoisotopic (exact) mass is 192 g/mol. The number of rotatable bonds is 1. The zero-order valence-corrected chi connectivity index (χ0v) is 7.73. The molecule has 0 aliphatic heterocycles. The van der Waals surface area contributed by atoms with Crippen molar-refractivity contribution in [2.75, 3.05) is 0 Å². The number of nitrogens with two attached hydrogens (primary N) is 1. The number of fused-ring (bicyclic) bond motifs is 1. The predicted molar refractivity (Wildman–Crippen MR) is 50.7 cm³/mol. The minimum Gasteiger partial charge on any atom is -0.480 e. The van der Waals surface area contributed by atoms with Crippen molar-refractivity contribution in [1.82, 2.24) is 4.98 Å². The molecule has 1 heterocycles. The molecule has 1 aliphatic carbocycles. The fourth-order valence-electron chi connectivity index (χ4n) is 1.96. The molecular weight excluding hydrogens is 180 g/mol. The summed E-state index contributed by atoms with van der Waals surface area (Å²) in [6.07, 6.45) is 5.44. The summed E-state index contributed by atoms with van der Waals surface area (Å²) in [5.74, 6) is -0.966. The van der Waals surface area contributed by atoms with E-state index in [-0.39, 0.29) is 0 Å². The molecular formula is C10H12N2O2. The van der Waals surface area contributed by atoms with E-state index >= 15 is 0 Å². The van der Waals surface area contributed by atoms with Crippen LogP contribution in [0.1, 0.15) is 24.0 Å². The minimum absolute atomic E-state index is 0.487. The van der Waals surface area contributed by atoms with Crippen LogP contribution < -0.4 is 5.73 Å². The lowest BCUT2D eigenvalue weighted by molar-refractivity contribution is -0.144. The molecule has 0 aromatic carbocycles. The lowest BCUT2D eigenvalue weighted by Crippen LogP contribution is -2.47. The highest BCUT2D eigenvalue weighted by Gasteiger charge is 2.39. The lowest BCUT2D eigenvalue weighted by atomic mass is 9.78. The molecule has 1 atom stereocenters. The number of carbonyl (C=O) groups is 1. The van der Waals surface area contributed by atoms with Crippen molar-refractivity contribution in [1.29, 1.82) is 0 Å². The first-order valence-electron chi connectivity index (χ1n) is 4.60. The third-order valence-electron chi connectivity index (χ3n) is 2.79. The maximum Gasteiger partial charge on any atom is 0.328 e. The molecule has 4 nitrogen and oxygen atoms in total. The molecule has 1 unspecified atom stereocenters. The van der Waals surface area contributed by atoms with E-state index in [0.717, 1.165) is 18.4 Å². The third kappa shape index (κ3) is 1.19. The zero-order valence-electron chi connectivity index (χ0n) is 7.73. The number of pyridine rings is 1. The smallest absolute Gasteiger partial charge is 0.328 e. The first-order chi connectivity index (χ1) is 6.64. The van der Waals surface area contributed by atoms with E-state index < -0.39 is 11.5 Å². The predicted octanol–water partition coefficient (Wildman–Crippen LogP) is 0.656. The van der Waals surface area contributed by atoms with E-state index in [1.54, 1.807) is 12.4 Å².